The second-order valence-corrected chi connectivity index (χ2v) is 15.5. The molecular formula is C44H56IrN3O3-. The van der Waals surface area contributed by atoms with Crippen molar-refractivity contribution >= 4 is 27.5 Å². The monoisotopic (exact) mass is 867 g/mol. The van der Waals surface area contributed by atoms with Crippen LogP contribution in [0.25, 0.3) is 44.4 Å². The van der Waals surface area contributed by atoms with Crippen LogP contribution in [0.15, 0.2) is 77.3 Å². The van der Waals surface area contributed by atoms with Crippen molar-refractivity contribution in [3.63, 3.8) is 0 Å². The van der Waals surface area contributed by atoms with Crippen molar-refractivity contribution in [2.24, 2.45) is 16.7 Å². The smallest absolute Gasteiger partial charge is 0.164 e. The van der Waals surface area contributed by atoms with Gasteiger partial charge in [-0.25, -0.2) is 4.98 Å². The van der Waals surface area contributed by atoms with E-state index in [1.807, 2.05) is 53.7 Å². The Hall–Kier alpha value is -3.67. The van der Waals surface area contributed by atoms with Crippen LogP contribution in [-0.4, -0.2) is 25.8 Å². The summed E-state index contributed by atoms with van der Waals surface area (Å²) in [5.74, 6) is 1.81. The fourth-order valence-electron chi connectivity index (χ4n) is 5.96. The minimum absolute atomic E-state index is 0. The first-order valence-electron chi connectivity index (χ1n) is 18.2. The summed E-state index contributed by atoms with van der Waals surface area (Å²) in [6.45, 7) is 23.2. The van der Waals surface area contributed by atoms with Gasteiger partial charge in [0.1, 0.15) is 17.8 Å². The van der Waals surface area contributed by atoms with Crippen LogP contribution in [0.1, 0.15) is 113 Å². The van der Waals surface area contributed by atoms with Gasteiger partial charge in [-0.05, 0) is 55.2 Å². The number of furan rings is 1. The second-order valence-electron chi connectivity index (χ2n) is 15.5. The summed E-state index contributed by atoms with van der Waals surface area (Å²) in [7, 11) is 0. The number of fused-ring (bicyclic) bond motifs is 2. The molecule has 0 atom stereocenters. The summed E-state index contributed by atoms with van der Waals surface area (Å²) in [6.07, 6.45) is 9.06. The number of pyridine rings is 1. The molecule has 0 aliphatic rings. The Morgan fingerprint density at radius 1 is 0.843 bits per heavy atom. The molecule has 1 radical (unpaired) electrons. The van der Waals surface area contributed by atoms with E-state index in [2.05, 4.69) is 92.0 Å². The first-order valence-corrected chi connectivity index (χ1v) is 18.2. The number of hydrogen-bond donors (Lipinski definition) is 1. The normalized spacial score (nSPS) is 12.5. The predicted octanol–water partition coefficient (Wildman–Crippen LogP) is 12.0. The van der Waals surface area contributed by atoms with E-state index in [1.165, 1.54) is 17.0 Å². The van der Waals surface area contributed by atoms with Crippen molar-refractivity contribution in [3.8, 4) is 22.6 Å². The quantitative estimate of drug-likeness (QED) is 0.0808. The first kappa shape index (κ1) is 41.7. The van der Waals surface area contributed by atoms with Crippen molar-refractivity contribution in [1.29, 1.82) is 0 Å². The van der Waals surface area contributed by atoms with Gasteiger partial charge in [0.25, 0.3) is 0 Å². The standard InChI is InChI=1S/C29H28N3O.C15H28O2.Ir/c1-18(2)10-22-12-21-14-26(30-16-28(21)33-22)27-15-25(31-17-32-27)20-11-19-8-6-7-9-23(19)24(13-20)29(3,4)5;1-7-14(5,8-2)12(16)11-13(17)15(6,9-3)10-4;/h6-9,12-18H,10H2,1-5H3;11,16H,7-10H2,1-6H3;/q-1;;/b;12-11-;. The van der Waals surface area contributed by atoms with Crippen LogP contribution in [0.4, 0.5) is 0 Å². The topological polar surface area (TPSA) is 89.1 Å². The van der Waals surface area contributed by atoms with Gasteiger partial charge in [-0.1, -0.05) is 105 Å². The fourth-order valence-corrected chi connectivity index (χ4v) is 5.96. The molecule has 0 spiro atoms. The maximum absolute atomic E-state index is 12.2. The third kappa shape index (κ3) is 9.81. The SMILES string of the molecule is CC(C)Cc1cc2cc(-c3cc(-c4[c-]c5ccccc5c(C(C)(C)C)c4)ncn3)ncc2o1.CCC(C)(CC)C(=O)/C=C(\O)C(C)(CC)CC.[Ir]. The van der Waals surface area contributed by atoms with Crippen LogP contribution in [0.2, 0.25) is 0 Å². The number of aliphatic hydroxyl groups excluding tert-OH is 1. The van der Waals surface area contributed by atoms with Crippen molar-refractivity contribution in [2.75, 3.05) is 0 Å². The van der Waals surface area contributed by atoms with E-state index in [0.29, 0.717) is 5.92 Å². The molecule has 6 nitrogen and oxygen atoms in total. The maximum atomic E-state index is 12.2. The minimum atomic E-state index is -0.337. The zero-order chi connectivity index (χ0) is 36.9. The minimum Gasteiger partial charge on any atom is -0.512 e. The van der Waals surface area contributed by atoms with E-state index in [9.17, 15) is 9.90 Å². The van der Waals surface area contributed by atoms with Crippen LogP contribution in [0.5, 0.6) is 0 Å². The molecule has 0 aliphatic carbocycles. The van der Waals surface area contributed by atoms with Crippen molar-refractivity contribution in [3.05, 3.63) is 90.3 Å². The number of aliphatic hydroxyl groups is 1. The molecule has 2 aromatic carbocycles. The molecule has 275 valence electrons. The van der Waals surface area contributed by atoms with E-state index < -0.39 is 0 Å². The fraction of sp³-hybridized carbons (Fsp3) is 0.455. The van der Waals surface area contributed by atoms with Gasteiger partial charge in [-0.3, -0.25) is 14.8 Å². The average molecular weight is 867 g/mol. The Labute approximate surface area is 319 Å². The Morgan fingerprint density at radius 3 is 2.06 bits per heavy atom. The summed E-state index contributed by atoms with van der Waals surface area (Å²) in [5.41, 5.74) is 4.88. The molecule has 5 rings (SSSR count). The third-order valence-corrected chi connectivity index (χ3v) is 10.5. The van der Waals surface area contributed by atoms with Gasteiger partial charge in [0.05, 0.1) is 17.6 Å². The van der Waals surface area contributed by atoms with E-state index in [1.54, 1.807) is 12.5 Å². The van der Waals surface area contributed by atoms with Crippen molar-refractivity contribution in [2.45, 2.75) is 114 Å². The number of ketones is 1. The Morgan fingerprint density at radius 2 is 1.45 bits per heavy atom. The van der Waals surface area contributed by atoms with Crippen molar-refractivity contribution in [1.82, 2.24) is 15.0 Å². The molecule has 7 heteroatoms. The number of allylic oxidation sites excluding steroid dienone is 2. The average Bonchev–Trinajstić information content (AvgIpc) is 3.51. The molecule has 1 N–H and O–H groups in total. The number of rotatable bonds is 11. The summed E-state index contributed by atoms with van der Waals surface area (Å²) in [4.78, 5) is 25.9. The summed E-state index contributed by atoms with van der Waals surface area (Å²) in [6, 6.07) is 20.3. The molecule has 3 aromatic heterocycles. The largest absolute Gasteiger partial charge is 0.512 e. The Balaban J connectivity index is 0.000000335. The summed E-state index contributed by atoms with van der Waals surface area (Å²) < 4.78 is 5.95. The van der Waals surface area contributed by atoms with Crippen LogP contribution < -0.4 is 0 Å². The molecule has 0 aliphatic heterocycles. The van der Waals surface area contributed by atoms with E-state index >= 15 is 0 Å². The predicted molar refractivity (Wildman–Crippen MR) is 207 cm³/mol. The molecule has 0 amide bonds. The number of carbonyl (C=O) groups is 1. The van der Waals surface area contributed by atoms with Gasteiger partial charge in [-0.15, -0.1) is 29.1 Å². The zero-order valence-electron chi connectivity index (χ0n) is 32.4. The van der Waals surface area contributed by atoms with Crippen LogP contribution in [0, 0.1) is 22.8 Å². The maximum Gasteiger partial charge on any atom is 0.164 e. The third-order valence-electron chi connectivity index (χ3n) is 10.5. The van der Waals surface area contributed by atoms with Gasteiger partial charge in [-0.2, -0.15) is 0 Å². The number of aromatic nitrogens is 3. The number of benzene rings is 2. The second kappa shape index (κ2) is 17.2. The number of hydrogen-bond acceptors (Lipinski definition) is 6. The molecule has 0 bridgehead atoms. The van der Waals surface area contributed by atoms with E-state index in [0.717, 1.165) is 76.9 Å². The van der Waals surface area contributed by atoms with Gasteiger partial charge in [0.15, 0.2) is 11.4 Å². The van der Waals surface area contributed by atoms with Gasteiger partial charge in [0, 0.05) is 54.5 Å². The first-order chi connectivity index (χ1) is 23.6. The van der Waals surface area contributed by atoms with E-state index in [-0.39, 0.29) is 47.9 Å². The number of nitrogens with zero attached hydrogens (tertiary/aromatic N) is 3. The van der Waals surface area contributed by atoms with Gasteiger partial charge >= 0.3 is 0 Å². The molecule has 0 unspecified atom stereocenters. The zero-order valence-corrected chi connectivity index (χ0v) is 34.8. The molecule has 0 saturated carbocycles. The number of carbonyl (C=O) groups excluding carboxylic acids is 1. The summed E-state index contributed by atoms with van der Waals surface area (Å²) >= 11 is 0. The van der Waals surface area contributed by atoms with Gasteiger partial charge in [0.2, 0.25) is 0 Å². The van der Waals surface area contributed by atoms with Crippen molar-refractivity contribution < 1.29 is 34.4 Å². The molecule has 5 aromatic rings. The molecule has 3 heterocycles. The molecular weight excluding hydrogens is 811 g/mol. The van der Waals surface area contributed by atoms with Crippen LogP contribution in [-0.2, 0) is 36.7 Å². The molecule has 0 fully saturated rings. The van der Waals surface area contributed by atoms with Gasteiger partial charge < -0.3 is 9.52 Å². The van der Waals surface area contributed by atoms with Crippen LogP contribution in [0.3, 0.4) is 0 Å². The molecule has 0 saturated heterocycles. The Bertz CT molecular complexity index is 1960. The van der Waals surface area contributed by atoms with Crippen LogP contribution >= 0.6 is 0 Å². The summed E-state index contributed by atoms with van der Waals surface area (Å²) in [5, 5.41) is 13.5. The van der Waals surface area contributed by atoms with E-state index in [4.69, 9.17) is 4.42 Å². The molecule has 51 heavy (non-hydrogen) atoms. The Kier molecular flexibility index (Phi) is 14.1.